The molecule has 0 N–H and O–H groups in total. The van der Waals surface area contributed by atoms with Gasteiger partial charge in [-0.2, -0.15) is 0 Å². The first-order valence-corrected chi connectivity index (χ1v) is 8.04. The molecule has 0 aliphatic heterocycles. The fraction of sp³-hybridized carbons (Fsp3) is 0.300. The van der Waals surface area contributed by atoms with Crippen LogP contribution in [0.1, 0.15) is 26.7 Å². The third-order valence-electron chi connectivity index (χ3n) is 3.69. The molecule has 0 radical (unpaired) electrons. The van der Waals surface area contributed by atoms with Gasteiger partial charge in [0.05, 0.1) is 13.2 Å². The molecule has 2 nitrogen and oxygen atoms in total. The highest BCUT2D eigenvalue weighted by molar-refractivity contribution is 5.99. The standard InChI is InChI=1S/C20H22O2/c1-3-9-21-19-13-17-11-15-7-5-6-8-16(15)12-18(17)14-20(19)22-10-4-2/h5-8,11-14H,3-4,9-10H2,1-2H3. The van der Waals surface area contributed by atoms with E-state index in [1.54, 1.807) is 0 Å². The van der Waals surface area contributed by atoms with Crippen molar-refractivity contribution >= 4 is 21.5 Å². The molecule has 0 aromatic heterocycles. The number of benzene rings is 3. The highest BCUT2D eigenvalue weighted by atomic mass is 16.5. The lowest BCUT2D eigenvalue weighted by atomic mass is 10.0. The minimum Gasteiger partial charge on any atom is -0.490 e. The van der Waals surface area contributed by atoms with E-state index in [-0.39, 0.29) is 0 Å². The van der Waals surface area contributed by atoms with E-state index in [1.165, 1.54) is 21.5 Å². The normalized spacial score (nSPS) is 11.0. The van der Waals surface area contributed by atoms with Crippen LogP contribution in [0.3, 0.4) is 0 Å². The quantitative estimate of drug-likeness (QED) is 0.553. The Morgan fingerprint density at radius 3 is 1.50 bits per heavy atom. The van der Waals surface area contributed by atoms with Gasteiger partial charge < -0.3 is 9.47 Å². The molecule has 0 heterocycles. The lowest BCUT2D eigenvalue weighted by Crippen LogP contribution is -2.01. The minimum absolute atomic E-state index is 0.710. The Kier molecular flexibility index (Phi) is 4.47. The molecule has 114 valence electrons. The number of hydrogen-bond acceptors (Lipinski definition) is 2. The van der Waals surface area contributed by atoms with E-state index >= 15 is 0 Å². The smallest absolute Gasteiger partial charge is 0.161 e. The largest absolute Gasteiger partial charge is 0.490 e. The van der Waals surface area contributed by atoms with Crippen LogP contribution >= 0.6 is 0 Å². The van der Waals surface area contributed by atoms with Gasteiger partial charge in [0.2, 0.25) is 0 Å². The van der Waals surface area contributed by atoms with Gasteiger partial charge in [-0.25, -0.2) is 0 Å². The van der Waals surface area contributed by atoms with Gasteiger partial charge >= 0.3 is 0 Å². The Bertz CT molecular complexity index is 711. The maximum atomic E-state index is 5.88. The summed E-state index contributed by atoms with van der Waals surface area (Å²) in [7, 11) is 0. The zero-order valence-corrected chi connectivity index (χ0v) is 13.3. The second kappa shape index (κ2) is 6.69. The van der Waals surface area contributed by atoms with Crippen LogP contribution in [0, 0.1) is 0 Å². The van der Waals surface area contributed by atoms with E-state index in [2.05, 4.69) is 62.4 Å². The molecule has 2 heteroatoms. The lowest BCUT2D eigenvalue weighted by molar-refractivity contribution is 0.269. The van der Waals surface area contributed by atoms with Crippen molar-refractivity contribution in [3.63, 3.8) is 0 Å². The predicted molar refractivity (Wildman–Crippen MR) is 93.0 cm³/mol. The summed E-state index contributed by atoms with van der Waals surface area (Å²) in [5, 5.41) is 4.87. The van der Waals surface area contributed by atoms with E-state index in [4.69, 9.17) is 9.47 Å². The molecule has 0 saturated heterocycles. The third-order valence-corrected chi connectivity index (χ3v) is 3.69. The molecule has 0 amide bonds. The zero-order chi connectivity index (χ0) is 15.4. The van der Waals surface area contributed by atoms with Crippen LogP contribution in [0.4, 0.5) is 0 Å². The van der Waals surface area contributed by atoms with Crippen LogP contribution in [0.25, 0.3) is 21.5 Å². The van der Waals surface area contributed by atoms with Crippen LogP contribution in [0.15, 0.2) is 48.5 Å². The summed E-state index contributed by atoms with van der Waals surface area (Å²) >= 11 is 0. The summed E-state index contributed by atoms with van der Waals surface area (Å²) in [5.74, 6) is 1.69. The number of rotatable bonds is 6. The van der Waals surface area contributed by atoms with Crippen molar-refractivity contribution in [2.75, 3.05) is 13.2 Å². The Labute approximate surface area is 131 Å². The van der Waals surface area contributed by atoms with E-state index in [0.29, 0.717) is 13.2 Å². The molecule has 3 aromatic rings. The number of fused-ring (bicyclic) bond motifs is 2. The molecule has 3 aromatic carbocycles. The van der Waals surface area contributed by atoms with Crippen molar-refractivity contribution in [3.8, 4) is 11.5 Å². The van der Waals surface area contributed by atoms with Crippen molar-refractivity contribution in [2.24, 2.45) is 0 Å². The first-order valence-electron chi connectivity index (χ1n) is 8.04. The van der Waals surface area contributed by atoms with E-state index < -0.39 is 0 Å². The van der Waals surface area contributed by atoms with E-state index in [0.717, 1.165) is 24.3 Å². The number of hydrogen-bond donors (Lipinski definition) is 0. The maximum Gasteiger partial charge on any atom is 0.161 e. The van der Waals surface area contributed by atoms with Gasteiger partial charge in [0.25, 0.3) is 0 Å². The Morgan fingerprint density at radius 2 is 1.09 bits per heavy atom. The van der Waals surface area contributed by atoms with Gasteiger partial charge in [-0.1, -0.05) is 38.1 Å². The summed E-state index contributed by atoms with van der Waals surface area (Å²) in [6.07, 6.45) is 1.98. The van der Waals surface area contributed by atoms with Crippen molar-refractivity contribution in [3.05, 3.63) is 48.5 Å². The highest BCUT2D eigenvalue weighted by Gasteiger charge is 2.08. The fourth-order valence-corrected chi connectivity index (χ4v) is 2.60. The summed E-state index contributed by atoms with van der Waals surface area (Å²) in [6.45, 7) is 5.64. The fourth-order valence-electron chi connectivity index (χ4n) is 2.60. The van der Waals surface area contributed by atoms with Crippen LogP contribution in [-0.4, -0.2) is 13.2 Å². The van der Waals surface area contributed by atoms with E-state index in [9.17, 15) is 0 Å². The molecular weight excluding hydrogens is 272 g/mol. The summed E-state index contributed by atoms with van der Waals surface area (Å²) < 4.78 is 11.8. The van der Waals surface area contributed by atoms with Crippen LogP contribution in [0.2, 0.25) is 0 Å². The zero-order valence-electron chi connectivity index (χ0n) is 13.3. The summed E-state index contributed by atoms with van der Waals surface area (Å²) in [5.41, 5.74) is 0. The topological polar surface area (TPSA) is 18.5 Å². The summed E-state index contributed by atoms with van der Waals surface area (Å²) in [4.78, 5) is 0. The van der Waals surface area contributed by atoms with Gasteiger partial charge in [-0.3, -0.25) is 0 Å². The predicted octanol–water partition coefficient (Wildman–Crippen LogP) is 5.57. The van der Waals surface area contributed by atoms with Gasteiger partial charge in [0.15, 0.2) is 11.5 Å². The first-order chi connectivity index (χ1) is 10.8. The molecule has 0 aliphatic rings. The van der Waals surface area contributed by atoms with Gasteiger partial charge in [0.1, 0.15) is 0 Å². The Balaban J connectivity index is 2.11. The van der Waals surface area contributed by atoms with Crippen LogP contribution < -0.4 is 9.47 Å². The van der Waals surface area contributed by atoms with Crippen molar-refractivity contribution < 1.29 is 9.47 Å². The molecular formula is C20H22O2. The second-order valence-electron chi connectivity index (χ2n) is 5.54. The SMILES string of the molecule is CCCOc1cc2cc3ccccc3cc2cc1OCCC. The van der Waals surface area contributed by atoms with Crippen LogP contribution in [-0.2, 0) is 0 Å². The second-order valence-corrected chi connectivity index (χ2v) is 5.54. The Hall–Kier alpha value is -2.22. The molecule has 0 aliphatic carbocycles. The molecule has 0 atom stereocenters. The maximum absolute atomic E-state index is 5.88. The van der Waals surface area contributed by atoms with Crippen LogP contribution in [0.5, 0.6) is 11.5 Å². The lowest BCUT2D eigenvalue weighted by Gasteiger charge is -2.14. The summed E-state index contributed by atoms with van der Waals surface area (Å²) in [6, 6.07) is 17.1. The molecule has 3 rings (SSSR count). The molecule has 0 unspecified atom stereocenters. The average molecular weight is 294 g/mol. The van der Waals surface area contributed by atoms with Crippen molar-refractivity contribution in [2.45, 2.75) is 26.7 Å². The van der Waals surface area contributed by atoms with Gasteiger partial charge in [0, 0.05) is 0 Å². The number of ether oxygens (including phenoxy) is 2. The third kappa shape index (κ3) is 3.01. The van der Waals surface area contributed by atoms with Gasteiger partial charge in [-0.05, 0) is 58.7 Å². The average Bonchev–Trinajstić information content (AvgIpc) is 2.55. The highest BCUT2D eigenvalue weighted by Crippen LogP contribution is 2.34. The molecule has 0 fully saturated rings. The van der Waals surface area contributed by atoms with Crippen molar-refractivity contribution in [1.82, 2.24) is 0 Å². The van der Waals surface area contributed by atoms with E-state index in [1.807, 2.05) is 0 Å². The molecule has 22 heavy (non-hydrogen) atoms. The van der Waals surface area contributed by atoms with Crippen molar-refractivity contribution in [1.29, 1.82) is 0 Å². The first kappa shape index (κ1) is 14.7. The van der Waals surface area contributed by atoms with Gasteiger partial charge in [-0.15, -0.1) is 0 Å². The Morgan fingerprint density at radius 1 is 0.636 bits per heavy atom. The monoisotopic (exact) mass is 294 g/mol. The molecule has 0 spiro atoms. The molecule has 0 bridgehead atoms. The molecule has 0 saturated carbocycles. The minimum atomic E-state index is 0.710.